The van der Waals surface area contributed by atoms with E-state index in [9.17, 15) is 24.3 Å². The number of alkyl carbamates (subject to hydrolysis) is 2. The van der Waals surface area contributed by atoms with Crippen LogP contribution in [0.3, 0.4) is 0 Å². The Morgan fingerprint density at radius 1 is 0.838 bits per heavy atom. The van der Waals surface area contributed by atoms with Crippen molar-refractivity contribution in [3.05, 3.63) is 47.5 Å². The molecule has 2 aromatic rings. The van der Waals surface area contributed by atoms with Gasteiger partial charge in [0.2, 0.25) is 0 Å². The lowest BCUT2D eigenvalue weighted by molar-refractivity contribution is -0.139. The number of ether oxygens (including phenoxy) is 2. The Morgan fingerprint density at radius 2 is 1.41 bits per heavy atom. The number of amides is 3. The Morgan fingerprint density at radius 3 is 1.97 bits per heavy atom. The number of hydrogen-bond acceptors (Lipinski definition) is 6. The number of aliphatic carboxylic acids is 1. The van der Waals surface area contributed by atoms with Crippen LogP contribution in [0.25, 0.3) is 10.8 Å². The number of carboxylic acid groups (broad SMARTS) is 1. The van der Waals surface area contributed by atoms with E-state index in [2.05, 4.69) is 16.0 Å². The van der Waals surface area contributed by atoms with Crippen LogP contribution in [0.4, 0.5) is 9.59 Å². The number of fused-ring (bicyclic) bond motifs is 1. The SMILES string of the molecule is CC(C)(C)OC(=O)NCCC[C@H](NC(=O)c1ccc(CNC(=O)OC(C)(C)C)c2ccccc12)C(=O)O. The highest BCUT2D eigenvalue weighted by Crippen LogP contribution is 2.23. The van der Waals surface area contributed by atoms with Crippen LogP contribution in [0, 0.1) is 0 Å². The molecule has 0 saturated carbocycles. The molecule has 0 aliphatic rings. The van der Waals surface area contributed by atoms with Gasteiger partial charge in [0.15, 0.2) is 0 Å². The molecule has 3 amide bonds. The molecule has 2 rings (SSSR count). The smallest absolute Gasteiger partial charge is 0.407 e. The molecule has 0 fully saturated rings. The summed E-state index contributed by atoms with van der Waals surface area (Å²) in [6.07, 6.45) is -0.695. The molecule has 0 unspecified atom stereocenters. The molecule has 202 valence electrons. The highest BCUT2D eigenvalue weighted by molar-refractivity contribution is 6.08. The van der Waals surface area contributed by atoms with Crippen LogP contribution < -0.4 is 16.0 Å². The Labute approximate surface area is 217 Å². The minimum Gasteiger partial charge on any atom is -0.480 e. The fourth-order valence-electron chi connectivity index (χ4n) is 3.50. The van der Waals surface area contributed by atoms with E-state index >= 15 is 0 Å². The van der Waals surface area contributed by atoms with Gasteiger partial charge in [0, 0.05) is 18.7 Å². The van der Waals surface area contributed by atoms with Crippen LogP contribution >= 0.6 is 0 Å². The fourth-order valence-corrected chi connectivity index (χ4v) is 3.50. The van der Waals surface area contributed by atoms with Gasteiger partial charge in [0.05, 0.1) is 0 Å². The summed E-state index contributed by atoms with van der Waals surface area (Å²) in [5.74, 6) is -1.71. The van der Waals surface area contributed by atoms with Crippen LogP contribution in [0.5, 0.6) is 0 Å². The molecule has 0 radical (unpaired) electrons. The zero-order valence-corrected chi connectivity index (χ0v) is 22.3. The van der Waals surface area contributed by atoms with Crippen molar-refractivity contribution in [1.29, 1.82) is 0 Å². The van der Waals surface area contributed by atoms with Crippen molar-refractivity contribution >= 4 is 34.8 Å². The molecular weight excluding hydrogens is 478 g/mol. The first kappa shape index (κ1) is 29.4. The van der Waals surface area contributed by atoms with Crippen molar-refractivity contribution in [3.63, 3.8) is 0 Å². The van der Waals surface area contributed by atoms with Crippen molar-refractivity contribution in [2.45, 2.75) is 78.2 Å². The van der Waals surface area contributed by atoms with Crippen LogP contribution in [0.2, 0.25) is 0 Å². The second-order valence-electron chi connectivity index (χ2n) is 10.6. The summed E-state index contributed by atoms with van der Waals surface area (Å²) in [5, 5.41) is 18.8. The molecule has 0 aliphatic heterocycles. The lowest BCUT2D eigenvalue weighted by atomic mass is 9.98. The third kappa shape index (κ3) is 9.98. The van der Waals surface area contributed by atoms with E-state index in [4.69, 9.17) is 9.47 Å². The summed E-state index contributed by atoms with van der Waals surface area (Å²) in [7, 11) is 0. The molecular formula is C27H37N3O7. The van der Waals surface area contributed by atoms with Gasteiger partial charge in [-0.1, -0.05) is 30.3 Å². The minimum atomic E-state index is -1.17. The van der Waals surface area contributed by atoms with E-state index in [0.29, 0.717) is 17.4 Å². The summed E-state index contributed by atoms with van der Waals surface area (Å²) in [4.78, 5) is 48.6. The number of carbonyl (C=O) groups excluding carboxylic acids is 3. The average Bonchev–Trinajstić information content (AvgIpc) is 2.76. The molecule has 10 nitrogen and oxygen atoms in total. The van der Waals surface area contributed by atoms with Gasteiger partial charge in [-0.15, -0.1) is 0 Å². The Kier molecular flexibility index (Phi) is 9.88. The molecule has 0 aromatic heterocycles. The van der Waals surface area contributed by atoms with Gasteiger partial charge in [-0.3, -0.25) is 4.79 Å². The molecule has 0 heterocycles. The molecule has 10 heteroatoms. The highest BCUT2D eigenvalue weighted by atomic mass is 16.6. The van der Waals surface area contributed by atoms with Gasteiger partial charge in [0.25, 0.3) is 5.91 Å². The topological polar surface area (TPSA) is 143 Å². The highest BCUT2D eigenvalue weighted by Gasteiger charge is 2.23. The van der Waals surface area contributed by atoms with E-state index < -0.39 is 41.3 Å². The number of rotatable bonds is 9. The lowest BCUT2D eigenvalue weighted by Gasteiger charge is -2.20. The van der Waals surface area contributed by atoms with Crippen LogP contribution in [-0.4, -0.2) is 53.0 Å². The Bertz CT molecular complexity index is 1130. The van der Waals surface area contributed by atoms with Gasteiger partial charge in [0.1, 0.15) is 17.2 Å². The first-order chi connectivity index (χ1) is 17.2. The third-order valence-electron chi connectivity index (χ3n) is 5.02. The maximum Gasteiger partial charge on any atom is 0.407 e. The number of benzene rings is 2. The van der Waals surface area contributed by atoms with Crippen LogP contribution in [0.1, 0.15) is 70.3 Å². The van der Waals surface area contributed by atoms with Crippen molar-refractivity contribution in [1.82, 2.24) is 16.0 Å². The molecule has 0 aliphatic carbocycles. The molecule has 0 saturated heterocycles. The van der Waals surface area contributed by atoms with Crippen molar-refractivity contribution in [2.75, 3.05) is 6.54 Å². The van der Waals surface area contributed by atoms with E-state index in [1.54, 1.807) is 65.8 Å². The fraction of sp³-hybridized carbons (Fsp3) is 0.481. The van der Waals surface area contributed by atoms with E-state index in [-0.39, 0.29) is 19.5 Å². The zero-order chi connectivity index (χ0) is 27.8. The number of hydrogen-bond donors (Lipinski definition) is 4. The van der Waals surface area contributed by atoms with E-state index in [1.165, 1.54) is 0 Å². The standard InChI is InChI=1S/C27H37N3O7/c1-26(2,3)36-24(34)28-15-9-12-21(23(32)33)30-22(31)20-14-13-17(18-10-7-8-11-19(18)20)16-29-25(35)37-27(4,5)6/h7-8,10-11,13-14,21H,9,12,15-16H2,1-6H3,(H,28,34)(H,29,35)(H,30,31)(H,32,33)/t21-/m0/s1. The number of nitrogens with one attached hydrogen (secondary N) is 3. The average molecular weight is 516 g/mol. The van der Waals surface area contributed by atoms with Crippen LogP contribution in [-0.2, 0) is 20.8 Å². The molecule has 0 spiro atoms. The molecule has 1 atom stereocenters. The van der Waals surface area contributed by atoms with Crippen LogP contribution in [0.15, 0.2) is 36.4 Å². The quantitative estimate of drug-likeness (QED) is 0.364. The second-order valence-corrected chi connectivity index (χ2v) is 10.6. The van der Waals surface area contributed by atoms with Gasteiger partial charge in [-0.05, 0) is 76.8 Å². The number of carbonyl (C=O) groups is 4. The summed E-state index contributed by atoms with van der Waals surface area (Å²) in [5.41, 5.74) is -0.164. The van der Waals surface area contributed by atoms with E-state index in [0.717, 1.165) is 10.9 Å². The van der Waals surface area contributed by atoms with Crippen molar-refractivity contribution < 1.29 is 33.8 Å². The predicted octanol–water partition coefficient (Wildman–Crippen LogP) is 4.35. The van der Waals surface area contributed by atoms with Gasteiger partial charge < -0.3 is 30.5 Å². The second kappa shape index (κ2) is 12.4. The first-order valence-corrected chi connectivity index (χ1v) is 12.1. The van der Waals surface area contributed by atoms with Gasteiger partial charge >= 0.3 is 18.2 Å². The Balaban J connectivity index is 2.06. The maximum absolute atomic E-state index is 13.1. The molecule has 37 heavy (non-hydrogen) atoms. The normalized spacial score (nSPS) is 12.4. The molecule has 2 aromatic carbocycles. The summed E-state index contributed by atoms with van der Waals surface area (Å²) >= 11 is 0. The van der Waals surface area contributed by atoms with Gasteiger partial charge in [-0.25, -0.2) is 14.4 Å². The summed E-state index contributed by atoms with van der Waals surface area (Å²) in [6.45, 7) is 11.0. The monoisotopic (exact) mass is 515 g/mol. The van der Waals surface area contributed by atoms with Gasteiger partial charge in [-0.2, -0.15) is 0 Å². The first-order valence-electron chi connectivity index (χ1n) is 12.1. The maximum atomic E-state index is 13.1. The lowest BCUT2D eigenvalue weighted by Crippen LogP contribution is -2.41. The largest absolute Gasteiger partial charge is 0.480 e. The molecule has 0 bridgehead atoms. The summed E-state index contributed by atoms with van der Waals surface area (Å²) in [6, 6.07) is 9.37. The van der Waals surface area contributed by atoms with E-state index in [1.807, 2.05) is 12.1 Å². The van der Waals surface area contributed by atoms with Crippen molar-refractivity contribution in [3.8, 4) is 0 Å². The predicted molar refractivity (Wildman–Crippen MR) is 139 cm³/mol. The Hall–Kier alpha value is -3.82. The summed E-state index contributed by atoms with van der Waals surface area (Å²) < 4.78 is 10.4. The third-order valence-corrected chi connectivity index (χ3v) is 5.02. The number of carboxylic acids is 1. The zero-order valence-electron chi connectivity index (χ0n) is 22.3. The minimum absolute atomic E-state index is 0.118. The molecule has 4 N–H and O–H groups in total. The van der Waals surface area contributed by atoms with Crippen molar-refractivity contribution in [2.24, 2.45) is 0 Å².